The molecule has 0 bridgehead atoms. The summed E-state index contributed by atoms with van der Waals surface area (Å²) in [6, 6.07) is 5.78. The monoisotopic (exact) mass is 490 g/mol. The third kappa shape index (κ3) is 6.31. The van der Waals surface area contributed by atoms with Gasteiger partial charge >= 0.3 is 0 Å². The summed E-state index contributed by atoms with van der Waals surface area (Å²) in [4.78, 5) is 10.1. The highest BCUT2D eigenvalue weighted by Gasteiger charge is 2.07. The van der Waals surface area contributed by atoms with E-state index >= 15 is 0 Å². The quantitative estimate of drug-likeness (QED) is 0.354. The van der Waals surface area contributed by atoms with Crippen LogP contribution >= 0.6 is 35.3 Å². The Morgan fingerprint density at radius 2 is 1.96 bits per heavy atom. The normalized spacial score (nSPS) is 10.9. The third-order valence-corrected chi connectivity index (χ3v) is 5.00. The Labute approximate surface area is 176 Å². The number of aromatic nitrogens is 1. The average Bonchev–Trinajstić information content (AvgIpc) is 2.95. The molecule has 0 saturated carbocycles. The second kappa shape index (κ2) is 11.2. The summed E-state index contributed by atoms with van der Waals surface area (Å²) in [5.41, 5.74) is 2.16. The smallest absolute Gasteiger partial charge is 0.191 e. The Morgan fingerprint density at radius 1 is 1.19 bits per heavy atom. The van der Waals surface area contributed by atoms with Crippen LogP contribution in [0.4, 0.5) is 0 Å². The van der Waals surface area contributed by atoms with Gasteiger partial charge in [0.15, 0.2) is 5.96 Å². The number of hydrogen-bond donors (Lipinski definition) is 2. The molecule has 0 radical (unpaired) electrons. The number of hydrogen-bond acceptors (Lipinski definition) is 5. The van der Waals surface area contributed by atoms with Crippen LogP contribution in [0.25, 0.3) is 0 Å². The van der Waals surface area contributed by atoms with E-state index in [-0.39, 0.29) is 24.0 Å². The number of nitrogens with zero attached hydrogens (tertiary/aromatic N) is 2. The molecule has 0 aliphatic carbocycles. The lowest BCUT2D eigenvalue weighted by Gasteiger charge is -2.14. The lowest BCUT2D eigenvalue weighted by atomic mass is 10.2. The van der Waals surface area contributed by atoms with Crippen molar-refractivity contribution in [1.29, 1.82) is 0 Å². The molecular formula is C18H27IN4O2S. The Balaban J connectivity index is 0.00000338. The van der Waals surface area contributed by atoms with Crippen LogP contribution < -0.4 is 20.1 Å². The van der Waals surface area contributed by atoms with E-state index in [1.54, 1.807) is 32.6 Å². The average molecular weight is 490 g/mol. The van der Waals surface area contributed by atoms with Gasteiger partial charge in [-0.2, -0.15) is 0 Å². The molecule has 1 heterocycles. The summed E-state index contributed by atoms with van der Waals surface area (Å²) < 4.78 is 10.6. The number of methoxy groups -OCH3 is 2. The van der Waals surface area contributed by atoms with Gasteiger partial charge in [0.25, 0.3) is 0 Å². The van der Waals surface area contributed by atoms with Gasteiger partial charge < -0.3 is 20.1 Å². The molecule has 0 atom stereocenters. The second-order valence-electron chi connectivity index (χ2n) is 5.53. The van der Waals surface area contributed by atoms with Gasteiger partial charge in [0.2, 0.25) is 0 Å². The zero-order valence-electron chi connectivity index (χ0n) is 15.9. The molecule has 1 aromatic heterocycles. The van der Waals surface area contributed by atoms with E-state index in [1.165, 1.54) is 4.88 Å². The van der Waals surface area contributed by atoms with Crippen molar-refractivity contribution >= 4 is 41.3 Å². The van der Waals surface area contributed by atoms with Crippen LogP contribution in [0.5, 0.6) is 11.5 Å². The third-order valence-electron chi connectivity index (χ3n) is 3.87. The molecule has 0 amide bonds. The molecule has 1 aromatic carbocycles. The zero-order chi connectivity index (χ0) is 18.2. The first kappa shape index (κ1) is 22.5. The molecule has 0 aliphatic heterocycles. The van der Waals surface area contributed by atoms with E-state index in [4.69, 9.17) is 9.47 Å². The molecule has 2 aromatic rings. The minimum absolute atomic E-state index is 0. The summed E-state index contributed by atoms with van der Waals surface area (Å²) in [5, 5.41) is 7.77. The number of ether oxygens (including phenoxy) is 2. The van der Waals surface area contributed by atoms with Crippen molar-refractivity contribution < 1.29 is 9.47 Å². The second-order valence-corrected chi connectivity index (χ2v) is 6.82. The highest BCUT2D eigenvalue weighted by molar-refractivity contribution is 14.0. The molecular weight excluding hydrogens is 463 g/mol. The predicted molar refractivity (Wildman–Crippen MR) is 118 cm³/mol. The molecule has 0 unspecified atom stereocenters. The topological polar surface area (TPSA) is 67.8 Å². The van der Waals surface area contributed by atoms with Crippen LogP contribution in [0.2, 0.25) is 0 Å². The predicted octanol–water partition coefficient (Wildman–Crippen LogP) is 3.30. The molecule has 8 heteroatoms. The summed E-state index contributed by atoms with van der Waals surface area (Å²) in [7, 11) is 5.06. The van der Waals surface area contributed by atoms with Gasteiger partial charge in [-0.05, 0) is 26.0 Å². The van der Waals surface area contributed by atoms with Crippen molar-refractivity contribution in [3.8, 4) is 11.5 Å². The first-order valence-electron chi connectivity index (χ1n) is 8.15. The van der Waals surface area contributed by atoms with Crippen LogP contribution in [0, 0.1) is 13.8 Å². The van der Waals surface area contributed by atoms with Gasteiger partial charge in [-0.3, -0.25) is 4.99 Å². The molecule has 0 saturated heterocycles. The fraction of sp³-hybridized carbons (Fsp3) is 0.444. The Kier molecular flexibility index (Phi) is 9.71. The number of benzene rings is 1. The largest absolute Gasteiger partial charge is 0.497 e. The number of aryl methyl sites for hydroxylation is 2. The van der Waals surface area contributed by atoms with Crippen LogP contribution in [0.1, 0.15) is 21.1 Å². The first-order valence-corrected chi connectivity index (χ1v) is 8.97. The van der Waals surface area contributed by atoms with Gasteiger partial charge in [-0.1, -0.05) is 0 Å². The first-order chi connectivity index (χ1) is 12.1. The SMILES string of the molecule is CN=C(NCCc1nc(C)c(C)s1)NCc1ccc(OC)cc1OC.I. The summed E-state index contributed by atoms with van der Waals surface area (Å²) in [6.07, 6.45) is 0.881. The lowest BCUT2D eigenvalue weighted by molar-refractivity contribution is 0.390. The number of nitrogens with one attached hydrogen (secondary N) is 2. The minimum atomic E-state index is 0. The molecule has 0 fully saturated rings. The molecule has 2 N–H and O–H groups in total. The van der Waals surface area contributed by atoms with Crippen molar-refractivity contribution in [3.63, 3.8) is 0 Å². The van der Waals surface area contributed by atoms with Crippen molar-refractivity contribution in [3.05, 3.63) is 39.3 Å². The standard InChI is InChI=1S/C18H26N4O2S.HI/c1-12-13(2)25-17(22-12)8-9-20-18(19-3)21-11-14-6-7-15(23-4)10-16(14)24-5;/h6-7,10H,8-9,11H2,1-5H3,(H2,19,20,21);1H. The highest BCUT2D eigenvalue weighted by Crippen LogP contribution is 2.24. The fourth-order valence-corrected chi connectivity index (χ4v) is 3.26. The van der Waals surface area contributed by atoms with Gasteiger partial charge in [-0.15, -0.1) is 35.3 Å². The van der Waals surface area contributed by atoms with Crippen molar-refractivity contribution in [2.45, 2.75) is 26.8 Å². The Hall–Kier alpha value is -1.55. The van der Waals surface area contributed by atoms with Gasteiger partial charge in [-0.25, -0.2) is 4.98 Å². The maximum Gasteiger partial charge on any atom is 0.191 e. The molecule has 144 valence electrons. The minimum Gasteiger partial charge on any atom is -0.497 e. The maximum absolute atomic E-state index is 5.42. The van der Waals surface area contributed by atoms with E-state index in [1.807, 2.05) is 25.1 Å². The molecule has 2 rings (SSSR count). The number of aliphatic imine (C=N–C) groups is 1. The van der Waals surface area contributed by atoms with Gasteiger partial charge in [0.05, 0.1) is 24.9 Å². The highest BCUT2D eigenvalue weighted by atomic mass is 127. The molecule has 0 spiro atoms. The van der Waals surface area contributed by atoms with Crippen LogP contribution in [0.3, 0.4) is 0 Å². The van der Waals surface area contributed by atoms with Crippen LogP contribution in [-0.4, -0.2) is 38.8 Å². The number of guanidine groups is 1. The number of thiazole rings is 1. The molecule has 26 heavy (non-hydrogen) atoms. The lowest BCUT2D eigenvalue weighted by Crippen LogP contribution is -2.37. The van der Waals surface area contributed by atoms with Crippen molar-refractivity contribution in [2.75, 3.05) is 27.8 Å². The van der Waals surface area contributed by atoms with E-state index in [9.17, 15) is 0 Å². The Bertz CT molecular complexity index is 714. The molecule has 6 nitrogen and oxygen atoms in total. The van der Waals surface area contributed by atoms with Crippen LogP contribution in [-0.2, 0) is 13.0 Å². The van der Waals surface area contributed by atoms with Crippen LogP contribution in [0.15, 0.2) is 23.2 Å². The van der Waals surface area contributed by atoms with Gasteiger partial charge in [0.1, 0.15) is 11.5 Å². The van der Waals surface area contributed by atoms with Crippen molar-refractivity contribution in [2.24, 2.45) is 4.99 Å². The van der Waals surface area contributed by atoms with E-state index in [0.29, 0.717) is 6.54 Å². The number of rotatable bonds is 7. The summed E-state index contributed by atoms with van der Waals surface area (Å²) in [6.45, 7) is 5.55. The van der Waals surface area contributed by atoms with Crippen molar-refractivity contribution in [1.82, 2.24) is 15.6 Å². The van der Waals surface area contributed by atoms with E-state index in [2.05, 4.69) is 27.5 Å². The maximum atomic E-state index is 5.42. The van der Waals surface area contributed by atoms with E-state index in [0.717, 1.165) is 46.7 Å². The van der Waals surface area contributed by atoms with E-state index < -0.39 is 0 Å². The number of halogens is 1. The van der Waals surface area contributed by atoms with Gasteiger partial charge in [0, 0.05) is 43.1 Å². The summed E-state index contributed by atoms with van der Waals surface area (Å²) >= 11 is 1.75. The zero-order valence-corrected chi connectivity index (χ0v) is 19.0. The molecule has 0 aliphatic rings. The Morgan fingerprint density at radius 3 is 2.54 bits per heavy atom. The summed E-state index contributed by atoms with van der Waals surface area (Å²) in [5.74, 6) is 2.32. The fourth-order valence-electron chi connectivity index (χ4n) is 2.33.